The Morgan fingerprint density at radius 2 is 1.69 bits per heavy atom. The van der Waals surface area contributed by atoms with E-state index in [0.29, 0.717) is 5.69 Å². The summed E-state index contributed by atoms with van der Waals surface area (Å²) in [4.78, 5) is 2.43. The molecule has 0 radical (unpaired) electrons. The van der Waals surface area contributed by atoms with Crippen LogP contribution in [0.1, 0.15) is 11.1 Å². The molecule has 0 saturated carbocycles. The van der Waals surface area contributed by atoms with Crippen LogP contribution in [-0.4, -0.2) is 20.4 Å². The van der Waals surface area contributed by atoms with Crippen molar-refractivity contribution < 1.29 is 12.8 Å². The molecular weight excluding hydrogens is 372 g/mol. The Morgan fingerprint density at radius 3 is 2.38 bits per heavy atom. The van der Waals surface area contributed by atoms with Gasteiger partial charge in [-0.15, -0.1) is 12.4 Å². The number of rotatable bonds is 4. The van der Waals surface area contributed by atoms with Crippen molar-refractivity contribution in [2.75, 3.05) is 11.8 Å². The molecule has 26 heavy (non-hydrogen) atoms. The molecule has 1 aromatic heterocycles. The molecule has 3 aromatic rings. The monoisotopic (exact) mass is 390 g/mol. The van der Waals surface area contributed by atoms with Crippen LogP contribution < -0.4 is 4.72 Å². The fraction of sp³-hybridized carbons (Fsp3) is 0.158. The minimum absolute atomic E-state index is 0. The number of nitrogens with zero attached hydrogens (tertiary/aromatic N) is 1. The van der Waals surface area contributed by atoms with Gasteiger partial charge in [0, 0.05) is 24.3 Å². The van der Waals surface area contributed by atoms with Gasteiger partial charge in [-0.25, -0.2) is 8.42 Å². The smallest absolute Gasteiger partial charge is 0.261 e. The maximum Gasteiger partial charge on any atom is 0.261 e. The Bertz CT molecular complexity index is 1000. The van der Waals surface area contributed by atoms with Crippen LogP contribution in [0.15, 0.2) is 70.4 Å². The maximum absolute atomic E-state index is 12.6. The van der Waals surface area contributed by atoms with E-state index in [1.54, 1.807) is 36.8 Å². The number of benzene rings is 2. The molecule has 0 unspecified atom stereocenters. The highest BCUT2D eigenvalue weighted by Crippen LogP contribution is 2.27. The van der Waals surface area contributed by atoms with Gasteiger partial charge in [-0.2, -0.15) is 0 Å². The van der Waals surface area contributed by atoms with Crippen LogP contribution in [-0.2, 0) is 23.1 Å². The normalized spacial score (nSPS) is 13.9. The topological polar surface area (TPSA) is 62.6 Å². The minimum Gasteiger partial charge on any atom is -0.472 e. The molecule has 0 aliphatic carbocycles. The molecule has 2 heterocycles. The van der Waals surface area contributed by atoms with E-state index in [4.69, 9.17) is 4.42 Å². The Hall–Kier alpha value is -2.28. The summed E-state index contributed by atoms with van der Waals surface area (Å²) in [7, 11) is -1.57. The van der Waals surface area contributed by atoms with E-state index in [-0.39, 0.29) is 17.3 Å². The lowest BCUT2D eigenvalue weighted by atomic mass is 10.1. The van der Waals surface area contributed by atoms with Crippen molar-refractivity contribution in [2.45, 2.75) is 18.0 Å². The van der Waals surface area contributed by atoms with E-state index in [1.807, 2.05) is 31.3 Å². The molecule has 4 rings (SSSR count). The molecule has 0 amide bonds. The zero-order valence-corrected chi connectivity index (χ0v) is 15.8. The summed E-state index contributed by atoms with van der Waals surface area (Å²) in [6.07, 6.45) is 3.22. The molecule has 1 aliphatic rings. The van der Waals surface area contributed by atoms with Crippen LogP contribution >= 0.6 is 12.4 Å². The molecule has 0 bridgehead atoms. The summed E-state index contributed by atoms with van der Waals surface area (Å²) in [5.74, 6) is 0. The number of nitrogens with one attached hydrogen (secondary N) is 1. The van der Waals surface area contributed by atoms with Gasteiger partial charge < -0.3 is 4.42 Å². The van der Waals surface area contributed by atoms with Crippen LogP contribution in [0.2, 0.25) is 0 Å². The third-order valence-corrected chi connectivity index (χ3v) is 5.76. The zero-order valence-electron chi connectivity index (χ0n) is 14.2. The van der Waals surface area contributed by atoms with Crippen LogP contribution in [0, 0.1) is 0 Å². The van der Waals surface area contributed by atoms with Crippen molar-refractivity contribution in [3.8, 4) is 11.1 Å². The number of anilines is 1. The second-order valence-corrected chi connectivity index (χ2v) is 7.98. The Kier molecular flexibility index (Phi) is 5.09. The fourth-order valence-corrected chi connectivity index (χ4v) is 4.15. The lowest BCUT2D eigenvalue weighted by Gasteiger charge is -2.10. The van der Waals surface area contributed by atoms with Gasteiger partial charge in [0.1, 0.15) is 0 Å². The Morgan fingerprint density at radius 1 is 0.962 bits per heavy atom. The van der Waals surface area contributed by atoms with E-state index in [1.165, 1.54) is 5.56 Å². The zero-order chi connectivity index (χ0) is 17.4. The van der Waals surface area contributed by atoms with Gasteiger partial charge in [0.15, 0.2) is 0 Å². The molecule has 7 heteroatoms. The van der Waals surface area contributed by atoms with Crippen molar-refractivity contribution >= 4 is 28.1 Å². The van der Waals surface area contributed by atoms with E-state index in [9.17, 15) is 8.42 Å². The fourth-order valence-electron chi connectivity index (χ4n) is 3.10. The molecule has 0 saturated heterocycles. The summed E-state index contributed by atoms with van der Waals surface area (Å²) in [6.45, 7) is 1.74. The average molecular weight is 391 g/mol. The minimum atomic E-state index is -3.62. The van der Waals surface area contributed by atoms with Crippen molar-refractivity contribution in [3.05, 3.63) is 72.2 Å². The van der Waals surface area contributed by atoms with E-state index in [0.717, 1.165) is 29.8 Å². The van der Waals surface area contributed by atoms with Crippen molar-refractivity contribution in [1.82, 2.24) is 4.90 Å². The molecule has 0 fully saturated rings. The number of fused-ring (bicyclic) bond motifs is 1. The quantitative estimate of drug-likeness (QED) is 0.728. The van der Waals surface area contributed by atoms with Crippen molar-refractivity contribution in [1.29, 1.82) is 0 Å². The number of hydrogen-bond acceptors (Lipinski definition) is 4. The molecule has 1 aliphatic heterocycles. The first-order valence-electron chi connectivity index (χ1n) is 7.97. The van der Waals surface area contributed by atoms with Gasteiger partial charge in [-0.3, -0.25) is 9.62 Å². The van der Waals surface area contributed by atoms with E-state index < -0.39 is 10.0 Å². The highest BCUT2D eigenvalue weighted by Gasteiger charge is 2.18. The second-order valence-electron chi connectivity index (χ2n) is 6.30. The molecular formula is C19H19ClN2O3S. The Labute approximate surface area is 159 Å². The van der Waals surface area contributed by atoms with E-state index in [2.05, 4.69) is 9.62 Å². The van der Waals surface area contributed by atoms with Gasteiger partial charge in [0.05, 0.1) is 17.4 Å². The predicted octanol–water partition coefficient (Wildman–Crippen LogP) is 4.11. The first-order chi connectivity index (χ1) is 12.0. The van der Waals surface area contributed by atoms with Crippen molar-refractivity contribution in [2.24, 2.45) is 0 Å². The lowest BCUT2D eigenvalue weighted by molar-refractivity contribution is 0.353. The molecule has 136 valence electrons. The molecule has 1 N–H and O–H groups in total. The highest BCUT2D eigenvalue weighted by atomic mass is 35.5. The predicted molar refractivity (Wildman–Crippen MR) is 104 cm³/mol. The third kappa shape index (κ3) is 3.62. The number of hydrogen-bond donors (Lipinski definition) is 1. The highest BCUT2D eigenvalue weighted by molar-refractivity contribution is 7.92. The first kappa shape index (κ1) is 18.5. The summed E-state index contributed by atoms with van der Waals surface area (Å²) in [5.41, 5.74) is 4.83. The van der Waals surface area contributed by atoms with Crippen LogP contribution in [0.4, 0.5) is 5.69 Å². The number of halogens is 1. The van der Waals surface area contributed by atoms with Crippen LogP contribution in [0.3, 0.4) is 0 Å². The van der Waals surface area contributed by atoms with E-state index >= 15 is 0 Å². The van der Waals surface area contributed by atoms with Crippen LogP contribution in [0.5, 0.6) is 0 Å². The van der Waals surface area contributed by atoms with Gasteiger partial charge in [-0.1, -0.05) is 18.2 Å². The Balaban J connectivity index is 0.00000196. The molecule has 2 aromatic carbocycles. The van der Waals surface area contributed by atoms with Gasteiger partial charge in [0.2, 0.25) is 0 Å². The third-order valence-electron chi connectivity index (χ3n) is 4.36. The molecule has 5 nitrogen and oxygen atoms in total. The number of furan rings is 1. The van der Waals surface area contributed by atoms with Gasteiger partial charge >= 0.3 is 0 Å². The summed E-state index contributed by atoms with van der Waals surface area (Å²) < 4.78 is 33.0. The molecule has 0 spiro atoms. The largest absolute Gasteiger partial charge is 0.472 e. The van der Waals surface area contributed by atoms with Gasteiger partial charge in [0.25, 0.3) is 10.0 Å². The summed E-state index contributed by atoms with van der Waals surface area (Å²) in [5, 5.41) is 0. The SMILES string of the molecule is CN1Cc2ccc(NS(=O)(=O)c3ccc(-c4ccoc4)cc3)cc2C1.Cl. The van der Waals surface area contributed by atoms with Crippen molar-refractivity contribution in [3.63, 3.8) is 0 Å². The maximum atomic E-state index is 12.6. The van der Waals surface area contributed by atoms with Crippen LogP contribution in [0.25, 0.3) is 11.1 Å². The standard InChI is InChI=1S/C19H18N2O3S.ClH/c1-21-11-15-2-5-18(10-17(15)12-21)20-25(22,23)19-6-3-14(4-7-19)16-8-9-24-13-16;/h2-10,13,20H,11-12H2,1H3;1H. The number of sulfonamides is 1. The lowest BCUT2D eigenvalue weighted by Crippen LogP contribution is -2.13. The second kappa shape index (κ2) is 7.15. The summed E-state index contributed by atoms with van der Waals surface area (Å²) >= 11 is 0. The first-order valence-corrected chi connectivity index (χ1v) is 9.45. The summed E-state index contributed by atoms with van der Waals surface area (Å²) in [6, 6.07) is 14.3. The average Bonchev–Trinajstić information content (AvgIpc) is 3.23. The molecule has 0 atom stereocenters. The van der Waals surface area contributed by atoms with Gasteiger partial charge in [-0.05, 0) is 54.1 Å².